The van der Waals surface area contributed by atoms with E-state index in [0.717, 1.165) is 47.9 Å². The molecule has 30 heavy (non-hydrogen) atoms. The summed E-state index contributed by atoms with van der Waals surface area (Å²) in [6.45, 7) is 4.01. The molecule has 3 aromatic rings. The number of thiophene rings is 1. The summed E-state index contributed by atoms with van der Waals surface area (Å²) in [4.78, 5) is 33.6. The molecule has 7 heteroatoms. The highest BCUT2D eigenvalue weighted by Gasteiger charge is 2.31. The number of hydrogen-bond acceptors (Lipinski definition) is 5. The van der Waals surface area contributed by atoms with Crippen molar-refractivity contribution in [1.29, 1.82) is 0 Å². The van der Waals surface area contributed by atoms with Crippen LogP contribution in [0.3, 0.4) is 0 Å². The fourth-order valence-electron chi connectivity index (χ4n) is 4.09. The Morgan fingerprint density at radius 3 is 2.70 bits per heavy atom. The maximum absolute atomic E-state index is 13.5. The highest BCUT2D eigenvalue weighted by Crippen LogP contribution is 2.39. The lowest BCUT2D eigenvalue weighted by Gasteiger charge is -2.20. The van der Waals surface area contributed by atoms with E-state index < -0.39 is 5.25 Å². The highest BCUT2D eigenvalue weighted by atomic mass is 32.2. The number of benzene rings is 1. The molecule has 1 saturated carbocycles. The molecule has 0 aliphatic heterocycles. The van der Waals surface area contributed by atoms with Gasteiger partial charge in [0.15, 0.2) is 5.16 Å². The van der Waals surface area contributed by atoms with Crippen molar-refractivity contribution in [2.45, 2.75) is 68.4 Å². The second kappa shape index (κ2) is 7.85. The van der Waals surface area contributed by atoms with Crippen LogP contribution in [0.25, 0.3) is 10.2 Å². The van der Waals surface area contributed by atoms with E-state index in [4.69, 9.17) is 4.98 Å². The van der Waals surface area contributed by atoms with Gasteiger partial charge in [-0.1, -0.05) is 42.1 Å². The van der Waals surface area contributed by atoms with Crippen molar-refractivity contribution >= 4 is 39.2 Å². The fraction of sp³-hybridized carbons (Fsp3) is 0.435. The first-order valence-electron chi connectivity index (χ1n) is 10.6. The maximum atomic E-state index is 13.5. The number of fused-ring (bicyclic) bond motifs is 3. The lowest BCUT2D eigenvalue weighted by molar-refractivity contribution is -0.120. The predicted molar refractivity (Wildman–Crippen MR) is 122 cm³/mol. The third kappa shape index (κ3) is 3.58. The van der Waals surface area contributed by atoms with Gasteiger partial charge in [-0.05, 0) is 57.1 Å². The van der Waals surface area contributed by atoms with Crippen molar-refractivity contribution in [3.8, 4) is 0 Å². The summed E-state index contributed by atoms with van der Waals surface area (Å²) < 4.78 is 1.78. The van der Waals surface area contributed by atoms with Gasteiger partial charge in [-0.2, -0.15) is 0 Å². The van der Waals surface area contributed by atoms with E-state index in [9.17, 15) is 9.59 Å². The number of rotatable bonds is 6. The quantitative estimate of drug-likeness (QED) is 0.449. The van der Waals surface area contributed by atoms with E-state index in [-0.39, 0.29) is 23.6 Å². The van der Waals surface area contributed by atoms with Gasteiger partial charge in [0.25, 0.3) is 5.56 Å². The SMILES string of the molecule is CC(C)n1c(S[C@H](C(=O)NC2CC2)c2ccccc2)nc2sc3c(c2c1=O)CCC3. The molecule has 2 aromatic heterocycles. The molecule has 0 saturated heterocycles. The van der Waals surface area contributed by atoms with Crippen LogP contribution in [0.5, 0.6) is 0 Å². The number of hydrogen-bond donors (Lipinski definition) is 1. The number of aryl methyl sites for hydroxylation is 2. The van der Waals surface area contributed by atoms with E-state index >= 15 is 0 Å². The minimum absolute atomic E-state index is 0.00738. The van der Waals surface area contributed by atoms with E-state index in [0.29, 0.717) is 5.16 Å². The van der Waals surface area contributed by atoms with Crippen molar-refractivity contribution in [2.24, 2.45) is 0 Å². The average molecular weight is 440 g/mol. The number of amides is 1. The van der Waals surface area contributed by atoms with Crippen molar-refractivity contribution in [1.82, 2.24) is 14.9 Å². The van der Waals surface area contributed by atoms with Crippen molar-refractivity contribution < 1.29 is 4.79 Å². The molecular weight excluding hydrogens is 414 g/mol. The van der Waals surface area contributed by atoms with Gasteiger partial charge in [0.05, 0.1) is 5.39 Å². The van der Waals surface area contributed by atoms with Crippen LogP contribution in [0.15, 0.2) is 40.3 Å². The first-order valence-corrected chi connectivity index (χ1v) is 12.3. The Balaban J connectivity index is 1.60. The number of aromatic nitrogens is 2. The molecule has 2 aliphatic rings. The standard InChI is InChI=1S/C23H25N3O2S2/c1-13(2)26-22(28)18-16-9-6-10-17(16)29-21(18)25-23(26)30-19(14-7-4-3-5-8-14)20(27)24-15-11-12-15/h3-5,7-8,13,15,19H,6,9-12H2,1-2H3,(H,24,27)/t19-/m0/s1. The van der Waals surface area contributed by atoms with Gasteiger partial charge in [-0.3, -0.25) is 14.2 Å². The number of nitrogens with zero attached hydrogens (tertiary/aromatic N) is 2. The van der Waals surface area contributed by atoms with E-state index in [2.05, 4.69) is 5.32 Å². The summed E-state index contributed by atoms with van der Waals surface area (Å²) in [7, 11) is 0. The molecule has 2 heterocycles. The van der Waals surface area contributed by atoms with Crippen LogP contribution < -0.4 is 10.9 Å². The smallest absolute Gasteiger partial charge is 0.263 e. The van der Waals surface area contributed by atoms with Gasteiger partial charge in [-0.15, -0.1) is 11.3 Å². The van der Waals surface area contributed by atoms with Gasteiger partial charge in [0.1, 0.15) is 10.1 Å². The van der Waals surface area contributed by atoms with Gasteiger partial charge < -0.3 is 5.32 Å². The third-order valence-electron chi connectivity index (χ3n) is 5.74. The molecule has 1 atom stereocenters. The van der Waals surface area contributed by atoms with E-state index in [1.54, 1.807) is 15.9 Å². The molecule has 0 radical (unpaired) electrons. The molecule has 1 fully saturated rings. The lowest BCUT2D eigenvalue weighted by Crippen LogP contribution is -2.31. The second-order valence-electron chi connectivity index (χ2n) is 8.39. The molecule has 156 valence electrons. The zero-order chi connectivity index (χ0) is 20.8. The average Bonchev–Trinajstić information content (AvgIpc) is 3.29. The minimum atomic E-state index is -0.437. The molecular formula is C23H25N3O2S2. The Kier molecular flexibility index (Phi) is 5.19. The molecule has 0 spiro atoms. The largest absolute Gasteiger partial charge is 0.352 e. The van der Waals surface area contributed by atoms with Crippen LogP contribution >= 0.6 is 23.1 Å². The third-order valence-corrected chi connectivity index (χ3v) is 8.15. The molecule has 0 unspecified atom stereocenters. The van der Waals surface area contributed by atoms with Gasteiger partial charge >= 0.3 is 0 Å². The van der Waals surface area contributed by atoms with E-state index in [1.165, 1.54) is 22.2 Å². The summed E-state index contributed by atoms with van der Waals surface area (Å²) in [6, 6.07) is 10.0. The molecule has 0 bridgehead atoms. The summed E-state index contributed by atoms with van der Waals surface area (Å²) in [6.07, 6.45) is 5.20. The lowest BCUT2D eigenvalue weighted by atomic mass is 10.1. The Labute approximate surface area is 183 Å². The zero-order valence-corrected chi connectivity index (χ0v) is 18.8. The van der Waals surface area contributed by atoms with Crippen molar-refractivity contribution in [3.63, 3.8) is 0 Å². The molecule has 1 aromatic carbocycles. The first kappa shape index (κ1) is 19.8. The summed E-state index contributed by atoms with van der Waals surface area (Å²) in [5.74, 6) is -0.00738. The van der Waals surface area contributed by atoms with Crippen LogP contribution in [0.2, 0.25) is 0 Å². The van der Waals surface area contributed by atoms with Crippen LogP contribution in [0.1, 0.15) is 60.4 Å². The zero-order valence-electron chi connectivity index (χ0n) is 17.2. The Morgan fingerprint density at radius 1 is 1.23 bits per heavy atom. The van der Waals surface area contributed by atoms with Gasteiger partial charge in [0, 0.05) is 17.0 Å². The summed E-state index contributed by atoms with van der Waals surface area (Å²) in [5, 5.41) is 4.12. The van der Waals surface area contributed by atoms with Crippen molar-refractivity contribution in [2.75, 3.05) is 0 Å². The molecule has 5 nitrogen and oxygen atoms in total. The summed E-state index contributed by atoms with van der Waals surface area (Å²) in [5.41, 5.74) is 2.16. The number of carbonyl (C=O) groups excluding carboxylic acids is 1. The van der Waals surface area contributed by atoms with Crippen LogP contribution in [-0.2, 0) is 17.6 Å². The number of carbonyl (C=O) groups is 1. The topological polar surface area (TPSA) is 64.0 Å². The Hall–Kier alpha value is -2.12. The molecule has 1 amide bonds. The number of thioether (sulfide) groups is 1. The Morgan fingerprint density at radius 2 is 2.00 bits per heavy atom. The van der Waals surface area contributed by atoms with Gasteiger partial charge in [0.2, 0.25) is 5.91 Å². The molecule has 5 rings (SSSR count). The highest BCUT2D eigenvalue weighted by molar-refractivity contribution is 8.00. The van der Waals surface area contributed by atoms with Crippen LogP contribution in [0, 0.1) is 0 Å². The van der Waals surface area contributed by atoms with Crippen LogP contribution in [0.4, 0.5) is 0 Å². The monoisotopic (exact) mass is 439 g/mol. The van der Waals surface area contributed by atoms with Crippen molar-refractivity contribution in [3.05, 3.63) is 56.7 Å². The van der Waals surface area contributed by atoms with Gasteiger partial charge in [-0.25, -0.2) is 4.98 Å². The maximum Gasteiger partial charge on any atom is 0.263 e. The normalized spacial score (nSPS) is 16.8. The molecule has 2 aliphatic carbocycles. The summed E-state index contributed by atoms with van der Waals surface area (Å²) >= 11 is 3.04. The van der Waals surface area contributed by atoms with E-state index in [1.807, 2.05) is 44.2 Å². The Bertz CT molecular complexity index is 1160. The fourth-order valence-corrected chi connectivity index (χ4v) is 6.63. The second-order valence-corrected chi connectivity index (χ2v) is 10.5. The number of nitrogens with one attached hydrogen (secondary N) is 1. The molecule has 1 N–H and O–H groups in total. The van der Waals surface area contributed by atoms with Crippen LogP contribution in [-0.4, -0.2) is 21.5 Å². The first-order chi connectivity index (χ1) is 14.5. The predicted octanol–water partition coefficient (Wildman–Crippen LogP) is 4.64. The minimum Gasteiger partial charge on any atom is -0.352 e.